The van der Waals surface area contributed by atoms with E-state index in [2.05, 4.69) is 10.9 Å². The molecule has 0 bridgehead atoms. The molecule has 4 nitrogen and oxygen atoms in total. The van der Waals surface area contributed by atoms with E-state index in [0.717, 1.165) is 0 Å². The molecule has 0 aromatic carbocycles. The Kier molecular flexibility index (Phi) is 1.97. The minimum atomic E-state index is -1.30. The number of terminal acetylenes is 1. The number of hydrogen-bond donors (Lipinski definition) is 2. The van der Waals surface area contributed by atoms with Gasteiger partial charge in [-0.2, -0.15) is 0 Å². The van der Waals surface area contributed by atoms with Crippen LogP contribution < -0.4 is 0 Å². The van der Waals surface area contributed by atoms with Crippen LogP contribution in [0.15, 0.2) is 12.1 Å². The zero-order chi connectivity index (χ0) is 9.14. The van der Waals surface area contributed by atoms with Gasteiger partial charge in [0.15, 0.2) is 5.69 Å². The first-order valence-electron chi connectivity index (χ1n) is 3.05. The third kappa shape index (κ3) is 1.35. The monoisotopic (exact) mass is 163 g/mol. The van der Waals surface area contributed by atoms with E-state index in [4.69, 9.17) is 16.6 Å². The summed E-state index contributed by atoms with van der Waals surface area (Å²) in [7, 11) is 0. The second-order valence-electron chi connectivity index (χ2n) is 2.01. The highest BCUT2D eigenvalue weighted by Crippen LogP contribution is 2.13. The molecule has 0 spiro atoms. The van der Waals surface area contributed by atoms with Crippen LogP contribution in [0.2, 0.25) is 0 Å². The summed E-state index contributed by atoms with van der Waals surface area (Å²) in [6.45, 7) is 0. The number of hydrogen-bond acceptors (Lipinski definition) is 3. The molecule has 0 saturated heterocycles. The van der Waals surface area contributed by atoms with Crippen molar-refractivity contribution in [1.82, 2.24) is 4.98 Å². The molecule has 2 N–H and O–H groups in total. The van der Waals surface area contributed by atoms with Crippen molar-refractivity contribution in [3.8, 4) is 18.1 Å². The first-order chi connectivity index (χ1) is 5.65. The highest BCUT2D eigenvalue weighted by atomic mass is 16.4. The van der Waals surface area contributed by atoms with Crippen LogP contribution >= 0.6 is 0 Å². The zero-order valence-corrected chi connectivity index (χ0v) is 5.98. The van der Waals surface area contributed by atoms with Gasteiger partial charge in [-0.15, -0.1) is 6.42 Å². The molecule has 1 aromatic rings. The van der Waals surface area contributed by atoms with Gasteiger partial charge in [0.2, 0.25) is 0 Å². The molecule has 0 saturated carbocycles. The second kappa shape index (κ2) is 2.93. The highest BCUT2D eigenvalue weighted by molar-refractivity contribution is 5.88. The van der Waals surface area contributed by atoms with Gasteiger partial charge in [-0.3, -0.25) is 0 Å². The van der Waals surface area contributed by atoms with Crippen molar-refractivity contribution in [1.29, 1.82) is 0 Å². The number of nitrogens with zero attached hydrogens (tertiary/aromatic N) is 1. The number of aromatic nitrogens is 1. The summed E-state index contributed by atoms with van der Waals surface area (Å²) in [5.74, 6) is 0.475. The van der Waals surface area contributed by atoms with E-state index in [1.807, 2.05) is 0 Å². The standard InChI is InChI=1S/C8H5NO3/c1-2-5-3-4-6(10)7(9-5)8(11)12/h1,3-4,10H,(H,11,12). The largest absolute Gasteiger partial charge is 0.505 e. The van der Waals surface area contributed by atoms with Gasteiger partial charge in [0.05, 0.1) is 0 Å². The van der Waals surface area contributed by atoms with Gasteiger partial charge in [0.25, 0.3) is 0 Å². The molecule has 0 amide bonds. The Morgan fingerprint density at radius 2 is 2.25 bits per heavy atom. The quantitative estimate of drug-likeness (QED) is 0.590. The molecule has 0 unspecified atom stereocenters. The van der Waals surface area contributed by atoms with E-state index in [1.54, 1.807) is 0 Å². The first-order valence-corrected chi connectivity index (χ1v) is 3.05. The average molecular weight is 163 g/mol. The molecule has 0 aliphatic rings. The van der Waals surface area contributed by atoms with E-state index in [9.17, 15) is 4.79 Å². The first kappa shape index (κ1) is 8.08. The highest BCUT2D eigenvalue weighted by Gasteiger charge is 2.10. The van der Waals surface area contributed by atoms with Crippen molar-refractivity contribution in [2.75, 3.05) is 0 Å². The maximum absolute atomic E-state index is 10.4. The van der Waals surface area contributed by atoms with Crippen molar-refractivity contribution >= 4 is 5.97 Å². The third-order valence-electron chi connectivity index (χ3n) is 1.22. The summed E-state index contributed by atoms with van der Waals surface area (Å²) in [6, 6.07) is 2.56. The number of rotatable bonds is 1. The number of aromatic carboxylic acids is 1. The second-order valence-corrected chi connectivity index (χ2v) is 2.01. The van der Waals surface area contributed by atoms with E-state index < -0.39 is 11.7 Å². The van der Waals surface area contributed by atoms with E-state index >= 15 is 0 Å². The third-order valence-corrected chi connectivity index (χ3v) is 1.22. The lowest BCUT2D eigenvalue weighted by atomic mass is 10.3. The molecule has 0 atom stereocenters. The fourth-order valence-electron chi connectivity index (χ4n) is 0.690. The maximum atomic E-state index is 10.4. The lowest BCUT2D eigenvalue weighted by Gasteiger charge is -1.97. The van der Waals surface area contributed by atoms with Crippen LogP contribution in [0.5, 0.6) is 5.75 Å². The van der Waals surface area contributed by atoms with Crippen molar-refractivity contribution < 1.29 is 15.0 Å². The van der Waals surface area contributed by atoms with Gasteiger partial charge in [0.1, 0.15) is 11.4 Å². The number of carboxylic acid groups (broad SMARTS) is 1. The fraction of sp³-hybridized carbons (Fsp3) is 0. The molecule has 1 heterocycles. The summed E-state index contributed by atoms with van der Waals surface area (Å²) < 4.78 is 0. The minimum Gasteiger partial charge on any atom is -0.505 e. The van der Waals surface area contributed by atoms with E-state index in [1.165, 1.54) is 12.1 Å². The Morgan fingerprint density at radius 3 is 2.75 bits per heavy atom. The van der Waals surface area contributed by atoms with Crippen LogP contribution in [-0.2, 0) is 0 Å². The van der Waals surface area contributed by atoms with Gasteiger partial charge >= 0.3 is 5.97 Å². The number of aromatic hydroxyl groups is 1. The summed E-state index contributed by atoms with van der Waals surface area (Å²) in [5.41, 5.74) is -0.240. The maximum Gasteiger partial charge on any atom is 0.358 e. The Bertz CT molecular complexity index is 365. The molecule has 0 radical (unpaired) electrons. The molecule has 0 aliphatic heterocycles. The molecule has 0 fully saturated rings. The summed E-state index contributed by atoms with van der Waals surface area (Å²) >= 11 is 0. The van der Waals surface area contributed by atoms with Crippen LogP contribution in [0, 0.1) is 12.3 Å². The summed E-state index contributed by atoms with van der Waals surface area (Å²) in [5, 5.41) is 17.5. The number of carboxylic acids is 1. The summed E-state index contributed by atoms with van der Waals surface area (Å²) in [4.78, 5) is 13.9. The molecular weight excluding hydrogens is 158 g/mol. The molecule has 1 aromatic heterocycles. The molecule has 12 heavy (non-hydrogen) atoms. The van der Waals surface area contributed by atoms with E-state index in [-0.39, 0.29) is 11.4 Å². The Morgan fingerprint density at radius 1 is 1.58 bits per heavy atom. The van der Waals surface area contributed by atoms with Crippen LogP contribution in [0.25, 0.3) is 0 Å². The number of pyridine rings is 1. The summed E-state index contributed by atoms with van der Waals surface area (Å²) in [6.07, 6.45) is 4.98. The topological polar surface area (TPSA) is 70.4 Å². The molecule has 60 valence electrons. The Balaban J connectivity index is 3.28. The van der Waals surface area contributed by atoms with Gasteiger partial charge in [-0.25, -0.2) is 9.78 Å². The lowest BCUT2D eigenvalue weighted by molar-refractivity contribution is 0.0687. The van der Waals surface area contributed by atoms with Crippen molar-refractivity contribution in [2.24, 2.45) is 0 Å². The lowest BCUT2D eigenvalue weighted by Crippen LogP contribution is -2.01. The van der Waals surface area contributed by atoms with Crippen LogP contribution in [0.4, 0.5) is 0 Å². The van der Waals surface area contributed by atoms with Gasteiger partial charge < -0.3 is 10.2 Å². The van der Waals surface area contributed by atoms with Gasteiger partial charge in [-0.1, -0.05) is 5.92 Å². The predicted molar refractivity (Wildman–Crippen MR) is 40.8 cm³/mol. The molecule has 0 aliphatic carbocycles. The normalized spacial score (nSPS) is 8.92. The van der Waals surface area contributed by atoms with Crippen LogP contribution in [0.1, 0.15) is 16.2 Å². The van der Waals surface area contributed by atoms with Gasteiger partial charge in [-0.05, 0) is 12.1 Å². The van der Waals surface area contributed by atoms with Crippen molar-refractivity contribution in [3.63, 3.8) is 0 Å². The Labute approximate surface area is 68.5 Å². The predicted octanol–water partition coefficient (Wildman–Crippen LogP) is 0.467. The average Bonchev–Trinajstić information content (AvgIpc) is 2.05. The van der Waals surface area contributed by atoms with Crippen molar-refractivity contribution in [3.05, 3.63) is 23.5 Å². The zero-order valence-electron chi connectivity index (χ0n) is 5.98. The number of carbonyl (C=O) groups is 1. The van der Waals surface area contributed by atoms with Gasteiger partial charge in [0, 0.05) is 0 Å². The van der Waals surface area contributed by atoms with E-state index in [0.29, 0.717) is 0 Å². The fourth-order valence-corrected chi connectivity index (χ4v) is 0.690. The van der Waals surface area contributed by atoms with Crippen LogP contribution in [0.3, 0.4) is 0 Å². The smallest absolute Gasteiger partial charge is 0.358 e. The van der Waals surface area contributed by atoms with Crippen molar-refractivity contribution in [2.45, 2.75) is 0 Å². The molecule has 4 heteroatoms. The molecule has 1 rings (SSSR count). The van der Waals surface area contributed by atoms with Crippen LogP contribution in [-0.4, -0.2) is 21.2 Å². The minimum absolute atomic E-state index is 0.185. The SMILES string of the molecule is C#Cc1ccc(O)c(C(=O)O)n1. The Hall–Kier alpha value is -2.02. The molecular formula is C8H5NO3.